The standard InChI is InChI=1S/C10H9ClN4O2/c1-6-4-9(15-17-6)14-10(16)13-8-3-2-7(11)5-12-8/h2-5H,1H3,(H2,12,13,14,15,16). The maximum absolute atomic E-state index is 11.5. The number of rotatable bonds is 2. The van der Waals surface area contributed by atoms with Gasteiger partial charge in [-0.1, -0.05) is 16.8 Å². The number of aryl methyl sites for hydroxylation is 1. The van der Waals surface area contributed by atoms with Crippen LogP contribution >= 0.6 is 11.6 Å². The van der Waals surface area contributed by atoms with Gasteiger partial charge in [0.05, 0.1) is 5.02 Å². The van der Waals surface area contributed by atoms with Crippen molar-refractivity contribution in [2.45, 2.75) is 6.92 Å². The third-order valence-corrected chi connectivity index (χ3v) is 2.06. The third-order valence-electron chi connectivity index (χ3n) is 1.84. The summed E-state index contributed by atoms with van der Waals surface area (Å²) < 4.78 is 4.81. The molecule has 88 valence electrons. The monoisotopic (exact) mass is 252 g/mol. The van der Waals surface area contributed by atoms with Crippen molar-refractivity contribution < 1.29 is 9.32 Å². The van der Waals surface area contributed by atoms with E-state index in [2.05, 4.69) is 20.8 Å². The molecule has 0 saturated carbocycles. The van der Waals surface area contributed by atoms with Crippen molar-refractivity contribution in [2.75, 3.05) is 10.6 Å². The van der Waals surface area contributed by atoms with E-state index in [-0.39, 0.29) is 0 Å². The Morgan fingerprint density at radius 2 is 2.12 bits per heavy atom. The molecule has 0 atom stereocenters. The number of amides is 2. The first kappa shape index (κ1) is 11.4. The molecule has 0 spiro atoms. The van der Waals surface area contributed by atoms with E-state index in [1.807, 2.05) is 0 Å². The quantitative estimate of drug-likeness (QED) is 0.861. The second-order valence-corrected chi connectivity index (χ2v) is 3.70. The van der Waals surface area contributed by atoms with Crippen LogP contribution in [0.5, 0.6) is 0 Å². The number of nitrogens with one attached hydrogen (secondary N) is 2. The predicted octanol–water partition coefficient (Wildman–Crippen LogP) is 2.68. The lowest BCUT2D eigenvalue weighted by molar-refractivity contribution is 0.262. The van der Waals surface area contributed by atoms with E-state index in [4.69, 9.17) is 16.1 Å². The number of aromatic nitrogens is 2. The maximum atomic E-state index is 11.5. The molecule has 0 bridgehead atoms. The second kappa shape index (κ2) is 4.84. The normalized spacial score (nSPS) is 10.0. The lowest BCUT2D eigenvalue weighted by Gasteiger charge is -2.03. The number of anilines is 2. The van der Waals surface area contributed by atoms with Crippen molar-refractivity contribution >= 4 is 29.3 Å². The summed E-state index contributed by atoms with van der Waals surface area (Å²) in [4.78, 5) is 15.4. The van der Waals surface area contributed by atoms with E-state index >= 15 is 0 Å². The number of hydrogen-bond acceptors (Lipinski definition) is 4. The van der Waals surface area contributed by atoms with Crippen LogP contribution in [-0.2, 0) is 0 Å². The Kier molecular flexibility index (Phi) is 3.24. The van der Waals surface area contributed by atoms with Gasteiger partial charge in [-0.15, -0.1) is 0 Å². The van der Waals surface area contributed by atoms with Crippen LogP contribution in [0.1, 0.15) is 5.76 Å². The lowest BCUT2D eigenvalue weighted by atomic mass is 10.4. The predicted molar refractivity (Wildman–Crippen MR) is 63.1 cm³/mol. The molecule has 2 amide bonds. The molecule has 0 aromatic carbocycles. The molecule has 0 aliphatic rings. The molecule has 7 heteroatoms. The van der Waals surface area contributed by atoms with Crippen LogP contribution in [0.15, 0.2) is 28.9 Å². The molecule has 0 saturated heterocycles. The van der Waals surface area contributed by atoms with Crippen molar-refractivity contribution in [3.8, 4) is 0 Å². The molecule has 2 rings (SSSR count). The summed E-state index contributed by atoms with van der Waals surface area (Å²) in [5.41, 5.74) is 0. The van der Waals surface area contributed by atoms with Gasteiger partial charge < -0.3 is 4.52 Å². The van der Waals surface area contributed by atoms with Crippen LogP contribution in [0.4, 0.5) is 16.4 Å². The average Bonchev–Trinajstić information content (AvgIpc) is 2.67. The first-order valence-electron chi connectivity index (χ1n) is 4.76. The number of halogens is 1. The van der Waals surface area contributed by atoms with Crippen LogP contribution in [0.25, 0.3) is 0 Å². The van der Waals surface area contributed by atoms with Gasteiger partial charge in [-0.05, 0) is 19.1 Å². The van der Waals surface area contributed by atoms with E-state index < -0.39 is 6.03 Å². The SMILES string of the molecule is Cc1cc(NC(=O)Nc2ccc(Cl)cn2)no1. The van der Waals surface area contributed by atoms with Gasteiger partial charge in [0.25, 0.3) is 0 Å². The van der Waals surface area contributed by atoms with Gasteiger partial charge in [0.15, 0.2) is 5.82 Å². The topological polar surface area (TPSA) is 80.0 Å². The number of urea groups is 1. The third kappa shape index (κ3) is 3.18. The highest BCUT2D eigenvalue weighted by Crippen LogP contribution is 2.11. The maximum Gasteiger partial charge on any atom is 0.326 e. The van der Waals surface area contributed by atoms with E-state index in [9.17, 15) is 4.79 Å². The molecule has 0 aliphatic heterocycles. The number of pyridine rings is 1. The van der Waals surface area contributed by atoms with E-state index in [1.54, 1.807) is 25.1 Å². The minimum atomic E-state index is -0.451. The van der Waals surface area contributed by atoms with Crippen LogP contribution < -0.4 is 10.6 Å². The fraction of sp³-hybridized carbons (Fsp3) is 0.100. The average molecular weight is 253 g/mol. The van der Waals surface area contributed by atoms with Crippen LogP contribution in [-0.4, -0.2) is 16.2 Å². The smallest absolute Gasteiger partial charge is 0.326 e. The Morgan fingerprint density at radius 3 is 2.71 bits per heavy atom. The first-order chi connectivity index (χ1) is 8.13. The lowest BCUT2D eigenvalue weighted by Crippen LogP contribution is -2.20. The molecule has 0 fully saturated rings. The highest BCUT2D eigenvalue weighted by molar-refractivity contribution is 6.30. The van der Waals surface area contributed by atoms with Crippen molar-refractivity contribution in [1.29, 1.82) is 0 Å². The van der Waals surface area contributed by atoms with Gasteiger partial charge in [0, 0.05) is 12.3 Å². The molecule has 0 radical (unpaired) electrons. The van der Waals surface area contributed by atoms with Crippen LogP contribution in [0, 0.1) is 6.92 Å². The highest BCUT2D eigenvalue weighted by Gasteiger charge is 2.06. The molecule has 6 nitrogen and oxygen atoms in total. The number of carbonyl (C=O) groups excluding carboxylic acids is 1. The zero-order valence-corrected chi connectivity index (χ0v) is 9.65. The zero-order valence-electron chi connectivity index (χ0n) is 8.90. The molecule has 2 heterocycles. The fourth-order valence-electron chi connectivity index (χ4n) is 1.14. The van der Waals surface area contributed by atoms with Crippen molar-refractivity contribution in [1.82, 2.24) is 10.1 Å². The Labute approximate surface area is 102 Å². The molecular formula is C10H9ClN4O2. The Morgan fingerprint density at radius 1 is 1.35 bits per heavy atom. The van der Waals surface area contributed by atoms with Gasteiger partial charge >= 0.3 is 6.03 Å². The minimum Gasteiger partial charge on any atom is -0.360 e. The van der Waals surface area contributed by atoms with Gasteiger partial charge in [0.2, 0.25) is 0 Å². The van der Waals surface area contributed by atoms with Gasteiger partial charge in [0.1, 0.15) is 11.6 Å². The summed E-state index contributed by atoms with van der Waals surface area (Å²) in [6, 6.07) is 4.38. The summed E-state index contributed by atoms with van der Waals surface area (Å²) in [6.07, 6.45) is 1.44. The number of hydrogen-bond donors (Lipinski definition) is 2. The number of nitrogens with zero attached hydrogens (tertiary/aromatic N) is 2. The Bertz CT molecular complexity index is 523. The van der Waals surface area contributed by atoms with Gasteiger partial charge in [-0.25, -0.2) is 9.78 Å². The van der Waals surface area contributed by atoms with Crippen LogP contribution in [0.3, 0.4) is 0 Å². The minimum absolute atomic E-state index is 0.342. The molecule has 0 aliphatic carbocycles. The van der Waals surface area contributed by atoms with Crippen molar-refractivity contribution in [3.63, 3.8) is 0 Å². The van der Waals surface area contributed by atoms with Crippen LogP contribution in [0.2, 0.25) is 5.02 Å². The fourth-order valence-corrected chi connectivity index (χ4v) is 1.25. The van der Waals surface area contributed by atoms with Gasteiger partial charge in [-0.3, -0.25) is 10.6 Å². The Hall–Kier alpha value is -2.08. The summed E-state index contributed by atoms with van der Waals surface area (Å²) in [7, 11) is 0. The molecule has 0 unspecified atom stereocenters. The van der Waals surface area contributed by atoms with Crippen molar-refractivity contribution in [2.24, 2.45) is 0 Å². The van der Waals surface area contributed by atoms with Crippen molar-refractivity contribution in [3.05, 3.63) is 35.2 Å². The molecule has 17 heavy (non-hydrogen) atoms. The zero-order chi connectivity index (χ0) is 12.3. The highest BCUT2D eigenvalue weighted by atomic mass is 35.5. The first-order valence-corrected chi connectivity index (χ1v) is 5.14. The summed E-state index contributed by atoms with van der Waals surface area (Å²) in [6.45, 7) is 1.73. The Balaban J connectivity index is 1.95. The molecule has 2 aromatic rings. The number of carbonyl (C=O) groups is 1. The summed E-state index contributed by atoms with van der Waals surface area (Å²) in [5.74, 6) is 1.35. The second-order valence-electron chi connectivity index (χ2n) is 3.26. The van der Waals surface area contributed by atoms with E-state index in [1.165, 1.54) is 6.20 Å². The summed E-state index contributed by atoms with van der Waals surface area (Å²) in [5, 5.41) is 9.15. The summed E-state index contributed by atoms with van der Waals surface area (Å²) >= 11 is 5.67. The molecule has 2 N–H and O–H groups in total. The van der Waals surface area contributed by atoms with Gasteiger partial charge in [-0.2, -0.15) is 0 Å². The van der Waals surface area contributed by atoms with E-state index in [0.29, 0.717) is 22.4 Å². The largest absolute Gasteiger partial charge is 0.360 e. The molecular weight excluding hydrogens is 244 g/mol. The van der Waals surface area contributed by atoms with E-state index in [0.717, 1.165) is 0 Å². The molecule has 2 aromatic heterocycles.